The Morgan fingerprint density at radius 2 is 1.00 bits per heavy atom. The molecule has 0 bridgehead atoms. The molecule has 0 aromatic heterocycles. The largest absolute Gasteiger partial charge is 0.266 e. The third-order valence-corrected chi connectivity index (χ3v) is 1.16. The first-order chi connectivity index (χ1) is 5.42. The van der Waals surface area contributed by atoms with E-state index in [9.17, 15) is 0 Å². The van der Waals surface area contributed by atoms with Crippen molar-refractivity contribution < 1.29 is 0 Å². The van der Waals surface area contributed by atoms with Gasteiger partial charge in [-0.25, -0.2) is 0 Å². The van der Waals surface area contributed by atoms with Gasteiger partial charge in [0.2, 0.25) is 0 Å². The minimum Gasteiger partial charge on any atom is -0.105 e. The first-order valence-corrected chi connectivity index (χ1v) is 6.04. The minimum atomic E-state index is -1.61. The number of rotatable bonds is 1. The van der Waals surface area contributed by atoms with Crippen LogP contribution in [0.2, 0.25) is 0 Å². The lowest BCUT2D eigenvalue weighted by Gasteiger charge is -2.09. The fourth-order valence-electron chi connectivity index (χ4n) is 0.175. The molecule has 0 spiro atoms. The van der Waals surface area contributed by atoms with Crippen LogP contribution in [0, 0.1) is 0 Å². The smallest absolute Gasteiger partial charge is 0.105 e. The molecule has 82 valence electrons. The summed E-state index contributed by atoms with van der Waals surface area (Å²) in [5.74, 6) is 0. The molecule has 0 rings (SSSR count). The lowest BCUT2D eigenvalue weighted by Crippen LogP contribution is -2.06. The standard InChI is InChI=1S/C3H3Cl5.CCl4/c4-2(5)1-3(6,7)8;2-1(3,4)5/h2H,1H2;. The molecule has 0 N–H and O–H groups in total. The molecule has 0 unspecified atom stereocenters. The van der Waals surface area contributed by atoms with Crippen LogP contribution in [0.15, 0.2) is 0 Å². The van der Waals surface area contributed by atoms with Crippen LogP contribution in [-0.2, 0) is 0 Å². The highest BCUT2D eigenvalue weighted by Gasteiger charge is 2.22. The SMILES string of the molecule is ClC(Cl)(Cl)Cl.ClC(Cl)CC(Cl)(Cl)Cl. The molecule has 0 aromatic carbocycles. The molecule has 0 fully saturated rings. The van der Waals surface area contributed by atoms with E-state index in [0.717, 1.165) is 0 Å². The van der Waals surface area contributed by atoms with Gasteiger partial charge in [-0.15, -0.1) is 23.2 Å². The summed E-state index contributed by atoms with van der Waals surface area (Å²) in [4.78, 5) is -0.609. The van der Waals surface area contributed by atoms with E-state index in [-0.39, 0.29) is 6.42 Å². The molecule has 0 nitrogen and oxygen atoms in total. The molecule has 0 amide bonds. The average Bonchev–Trinajstić information content (AvgIpc) is 1.47. The van der Waals surface area contributed by atoms with E-state index in [4.69, 9.17) is 104 Å². The number of hydrogen-bond donors (Lipinski definition) is 0. The van der Waals surface area contributed by atoms with E-state index in [2.05, 4.69) is 0 Å². The van der Waals surface area contributed by atoms with Crippen LogP contribution >= 0.6 is 104 Å². The van der Waals surface area contributed by atoms with E-state index in [1.54, 1.807) is 0 Å². The first-order valence-electron chi connectivity index (χ1n) is 2.52. The molecule has 0 radical (unpaired) electrons. The van der Waals surface area contributed by atoms with Gasteiger partial charge in [0.1, 0.15) is 4.84 Å². The Bertz CT molecular complexity index is 113. The quantitative estimate of drug-likeness (QED) is 0.489. The van der Waals surface area contributed by atoms with Gasteiger partial charge >= 0.3 is 0 Å². The molecule has 0 heterocycles. The molecular weight excluding hydrogens is 367 g/mol. The minimum absolute atomic E-state index is 0.154. The van der Waals surface area contributed by atoms with Crippen LogP contribution in [0.5, 0.6) is 0 Å². The van der Waals surface area contributed by atoms with E-state index in [0.29, 0.717) is 0 Å². The molecular formula is C4H3Cl9. The fourth-order valence-corrected chi connectivity index (χ4v) is 1.57. The number of alkyl halides is 9. The highest BCUT2D eigenvalue weighted by atomic mass is 35.6. The second-order valence-corrected chi connectivity index (χ2v) is 8.86. The summed E-state index contributed by atoms with van der Waals surface area (Å²) in [6, 6.07) is 0. The predicted molar refractivity (Wildman–Crippen MR) is 66.5 cm³/mol. The number of halogens is 9. The number of hydrogen-bond acceptors (Lipinski definition) is 0. The Labute approximate surface area is 122 Å². The average molecular weight is 370 g/mol. The normalized spacial score (nSPS) is 12.5. The van der Waals surface area contributed by atoms with Gasteiger partial charge in [-0.3, -0.25) is 0 Å². The fraction of sp³-hybridized carbons (Fsp3) is 1.00. The van der Waals surface area contributed by atoms with Crippen molar-refractivity contribution >= 4 is 104 Å². The third-order valence-electron chi connectivity index (χ3n) is 0.386. The Hall–Kier alpha value is 2.61. The van der Waals surface area contributed by atoms with Gasteiger partial charge in [-0.2, -0.15) is 0 Å². The Balaban J connectivity index is 0. The van der Waals surface area contributed by atoms with E-state index in [1.165, 1.54) is 0 Å². The zero-order chi connectivity index (χ0) is 11.3. The summed E-state index contributed by atoms with van der Waals surface area (Å²) in [6.45, 7) is 0. The zero-order valence-electron chi connectivity index (χ0n) is 5.69. The summed E-state index contributed by atoms with van der Waals surface area (Å²) in [6.07, 6.45) is 0.154. The zero-order valence-corrected chi connectivity index (χ0v) is 12.5. The van der Waals surface area contributed by atoms with Crippen molar-refractivity contribution in [3.63, 3.8) is 0 Å². The van der Waals surface area contributed by atoms with Crippen LogP contribution in [0.4, 0.5) is 0 Å². The van der Waals surface area contributed by atoms with Gasteiger partial charge in [0, 0.05) is 6.42 Å². The topological polar surface area (TPSA) is 0 Å². The lowest BCUT2D eigenvalue weighted by molar-refractivity contribution is 0.938. The van der Waals surface area contributed by atoms with Gasteiger partial charge in [-0.05, 0) is 0 Å². The molecule has 0 atom stereocenters. The second kappa shape index (κ2) is 7.81. The summed E-state index contributed by atoms with van der Waals surface area (Å²) in [5.41, 5.74) is 0. The molecule has 13 heavy (non-hydrogen) atoms. The predicted octanol–water partition coefficient (Wildman–Crippen LogP) is 6.10. The van der Waals surface area contributed by atoms with Crippen LogP contribution < -0.4 is 0 Å². The molecule has 0 aliphatic carbocycles. The highest BCUT2D eigenvalue weighted by Crippen LogP contribution is 2.33. The van der Waals surface area contributed by atoms with Crippen molar-refractivity contribution in [2.24, 2.45) is 0 Å². The van der Waals surface area contributed by atoms with Crippen molar-refractivity contribution in [3.05, 3.63) is 0 Å². The maximum Gasteiger partial charge on any atom is 0.266 e. The van der Waals surface area contributed by atoms with Crippen LogP contribution in [0.3, 0.4) is 0 Å². The summed E-state index contributed by atoms with van der Waals surface area (Å²) < 4.78 is -2.94. The van der Waals surface area contributed by atoms with Gasteiger partial charge in [0.25, 0.3) is 3.25 Å². The third kappa shape index (κ3) is 40.1. The Morgan fingerprint density at radius 3 is 1.00 bits per heavy atom. The molecule has 9 heteroatoms. The van der Waals surface area contributed by atoms with Crippen LogP contribution in [0.25, 0.3) is 0 Å². The Morgan fingerprint density at radius 1 is 0.769 bits per heavy atom. The van der Waals surface area contributed by atoms with Crippen molar-refractivity contribution in [2.75, 3.05) is 0 Å². The summed E-state index contributed by atoms with van der Waals surface area (Å²) in [7, 11) is 0. The van der Waals surface area contributed by atoms with Crippen molar-refractivity contribution in [1.29, 1.82) is 0 Å². The van der Waals surface area contributed by atoms with E-state index < -0.39 is 11.9 Å². The van der Waals surface area contributed by atoms with Gasteiger partial charge in [0.05, 0.1) is 0 Å². The van der Waals surface area contributed by atoms with Crippen molar-refractivity contribution in [2.45, 2.75) is 18.3 Å². The van der Waals surface area contributed by atoms with Crippen LogP contribution in [-0.4, -0.2) is 11.9 Å². The summed E-state index contributed by atoms with van der Waals surface area (Å²) in [5, 5.41) is 0. The molecule has 0 aromatic rings. The Kier molecular flexibility index (Phi) is 10.8. The van der Waals surface area contributed by atoms with Crippen molar-refractivity contribution in [1.82, 2.24) is 0 Å². The maximum absolute atomic E-state index is 5.29. The van der Waals surface area contributed by atoms with Crippen LogP contribution in [0.1, 0.15) is 6.42 Å². The first kappa shape index (κ1) is 18.0. The molecule has 0 saturated heterocycles. The molecule has 0 aliphatic rings. The maximum atomic E-state index is 5.29. The van der Waals surface area contributed by atoms with E-state index in [1.807, 2.05) is 0 Å². The molecule has 0 saturated carbocycles. The van der Waals surface area contributed by atoms with Gasteiger partial charge in [-0.1, -0.05) is 81.2 Å². The van der Waals surface area contributed by atoms with Crippen molar-refractivity contribution in [3.8, 4) is 0 Å². The monoisotopic (exact) mass is 366 g/mol. The molecule has 0 aliphatic heterocycles. The summed E-state index contributed by atoms with van der Waals surface area (Å²) >= 11 is 45.7. The second-order valence-electron chi connectivity index (χ2n) is 1.64. The van der Waals surface area contributed by atoms with Gasteiger partial charge in [0.15, 0.2) is 3.79 Å². The highest BCUT2D eigenvalue weighted by molar-refractivity contribution is 6.83. The van der Waals surface area contributed by atoms with Gasteiger partial charge < -0.3 is 0 Å². The van der Waals surface area contributed by atoms with E-state index >= 15 is 0 Å². The lowest BCUT2D eigenvalue weighted by atomic mass is 10.5.